The molecule has 1 aromatic carbocycles. The van der Waals surface area contributed by atoms with Crippen molar-refractivity contribution in [1.82, 2.24) is 10.2 Å². The number of hydrogen-bond donors (Lipinski definition) is 1. The third-order valence-corrected chi connectivity index (χ3v) is 2.55. The van der Waals surface area contributed by atoms with Crippen molar-refractivity contribution in [3.8, 4) is 6.07 Å². The van der Waals surface area contributed by atoms with Crippen LogP contribution in [0.3, 0.4) is 0 Å². The molecular weight excluding hydrogens is 269 g/mol. The molecule has 0 radical (unpaired) electrons. The average Bonchev–Trinajstić information content (AvgIpc) is 2.45. The lowest BCUT2D eigenvalue weighted by Crippen LogP contribution is -2.08. The van der Waals surface area contributed by atoms with Gasteiger partial charge in [-0.3, -0.25) is 0 Å². The maximum Gasteiger partial charge on any atom is 0.416 e. The van der Waals surface area contributed by atoms with Gasteiger partial charge < -0.3 is 5.32 Å². The molecule has 0 saturated carbocycles. The van der Waals surface area contributed by atoms with E-state index in [9.17, 15) is 13.2 Å². The lowest BCUT2D eigenvalue weighted by atomic mass is 10.1. The van der Waals surface area contributed by atoms with Crippen LogP contribution in [0.15, 0.2) is 36.5 Å². The molecule has 1 N–H and O–H groups in total. The Bertz CT molecular complexity index is 632. The van der Waals surface area contributed by atoms with Crippen LogP contribution >= 0.6 is 0 Å². The van der Waals surface area contributed by atoms with Crippen LogP contribution in [0.1, 0.15) is 16.8 Å². The third-order valence-electron chi connectivity index (χ3n) is 2.55. The minimum atomic E-state index is -4.46. The van der Waals surface area contributed by atoms with Gasteiger partial charge in [0.1, 0.15) is 6.07 Å². The Morgan fingerprint density at radius 1 is 1.25 bits per heavy atom. The lowest BCUT2D eigenvalue weighted by molar-refractivity contribution is -0.137. The van der Waals surface area contributed by atoms with Crippen LogP contribution in [0.4, 0.5) is 18.9 Å². The summed E-state index contributed by atoms with van der Waals surface area (Å²) in [6, 6.07) is 8.14. The smallest absolute Gasteiger partial charge is 0.378 e. The number of anilines is 1. The highest BCUT2D eigenvalue weighted by molar-refractivity contribution is 5.59. The molecular formula is C13H9F3N4. The van der Waals surface area contributed by atoms with E-state index >= 15 is 0 Å². The number of aromatic nitrogens is 2. The van der Waals surface area contributed by atoms with Gasteiger partial charge in [-0.05, 0) is 30.3 Å². The minimum Gasteiger partial charge on any atom is -0.378 e. The Balaban J connectivity index is 2.19. The summed E-state index contributed by atoms with van der Waals surface area (Å²) in [7, 11) is 0. The molecule has 4 nitrogen and oxygen atoms in total. The van der Waals surface area contributed by atoms with Crippen LogP contribution < -0.4 is 5.32 Å². The molecule has 2 aromatic rings. The van der Waals surface area contributed by atoms with Crippen molar-refractivity contribution in [2.75, 3.05) is 5.32 Å². The van der Waals surface area contributed by atoms with E-state index in [2.05, 4.69) is 15.5 Å². The highest BCUT2D eigenvalue weighted by Crippen LogP contribution is 2.31. The first-order valence-corrected chi connectivity index (χ1v) is 5.62. The van der Waals surface area contributed by atoms with Crippen LogP contribution in [0.2, 0.25) is 0 Å². The summed E-state index contributed by atoms with van der Waals surface area (Å²) in [4.78, 5) is 0. The van der Waals surface area contributed by atoms with Crippen LogP contribution in [0.25, 0.3) is 0 Å². The lowest BCUT2D eigenvalue weighted by Gasteiger charge is -2.11. The van der Waals surface area contributed by atoms with Gasteiger partial charge in [-0.2, -0.15) is 28.6 Å². The molecule has 102 valence electrons. The summed E-state index contributed by atoms with van der Waals surface area (Å²) >= 11 is 0. The molecule has 1 heterocycles. The van der Waals surface area contributed by atoms with Crippen molar-refractivity contribution in [2.24, 2.45) is 0 Å². The van der Waals surface area contributed by atoms with E-state index in [-0.39, 0.29) is 12.1 Å². The first kappa shape index (κ1) is 13.8. The standard InChI is InChI=1S/C13H9F3N4/c14-13(15,16)10-3-4-12(9(6-10)7-17)18-8-11-2-1-5-19-20-11/h1-6,18H,8H2. The predicted molar refractivity (Wildman–Crippen MR) is 65.5 cm³/mol. The molecule has 7 heteroatoms. The number of nitrogens with one attached hydrogen (secondary N) is 1. The van der Waals surface area contributed by atoms with Gasteiger partial charge in [0.2, 0.25) is 0 Å². The predicted octanol–water partition coefficient (Wildman–Crippen LogP) is 2.98. The highest BCUT2D eigenvalue weighted by atomic mass is 19.4. The Morgan fingerprint density at radius 2 is 2.05 bits per heavy atom. The Labute approximate surface area is 112 Å². The van der Waals surface area contributed by atoms with Gasteiger partial charge in [-0.15, -0.1) is 0 Å². The molecule has 0 aliphatic rings. The summed E-state index contributed by atoms with van der Waals surface area (Å²) < 4.78 is 37.6. The number of halogens is 3. The van der Waals surface area contributed by atoms with E-state index in [1.807, 2.05) is 0 Å². The van der Waals surface area contributed by atoms with Gasteiger partial charge in [0.05, 0.1) is 29.1 Å². The van der Waals surface area contributed by atoms with Crippen LogP contribution in [0.5, 0.6) is 0 Å². The quantitative estimate of drug-likeness (QED) is 0.937. The number of nitriles is 1. The second-order valence-electron chi connectivity index (χ2n) is 3.94. The second-order valence-corrected chi connectivity index (χ2v) is 3.94. The highest BCUT2D eigenvalue weighted by Gasteiger charge is 2.31. The number of hydrogen-bond acceptors (Lipinski definition) is 4. The molecule has 0 saturated heterocycles. The van der Waals surface area contributed by atoms with Crippen LogP contribution in [-0.2, 0) is 12.7 Å². The van der Waals surface area contributed by atoms with E-state index in [4.69, 9.17) is 5.26 Å². The monoisotopic (exact) mass is 278 g/mol. The normalized spacial score (nSPS) is 10.9. The van der Waals surface area contributed by atoms with E-state index < -0.39 is 11.7 Å². The zero-order chi connectivity index (χ0) is 14.6. The molecule has 2 rings (SSSR count). The Morgan fingerprint density at radius 3 is 2.65 bits per heavy atom. The van der Waals surface area contributed by atoms with Gasteiger partial charge >= 0.3 is 6.18 Å². The van der Waals surface area contributed by atoms with Crippen molar-refractivity contribution in [3.63, 3.8) is 0 Å². The van der Waals surface area contributed by atoms with Crippen molar-refractivity contribution < 1.29 is 13.2 Å². The van der Waals surface area contributed by atoms with Gasteiger partial charge in [-0.1, -0.05) is 0 Å². The first-order chi connectivity index (χ1) is 9.50. The zero-order valence-corrected chi connectivity index (χ0v) is 10.1. The SMILES string of the molecule is N#Cc1cc(C(F)(F)F)ccc1NCc1cccnn1. The van der Waals surface area contributed by atoms with Crippen LogP contribution in [-0.4, -0.2) is 10.2 Å². The summed E-state index contributed by atoms with van der Waals surface area (Å²) in [5.74, 6) is 0. The molecule has 1 aromatic heterocycles. The third kappa shape index (κ3) is 3.23. The molecule has 0 bridgehead atoms. The van der Waals surface area contributed by atoms with Crippen molar-refractivity contribution in [2.45, 2.75) is 12.7 Å². The molecule has 0 atom stereocenters. The van der Waals surface area contributed by atoms with E-state index in [0.717, 1.165) is 12.1 Å². The van der Waals surface area contributed by atoms with Gasteiger partial charge in [0.25, 0.3) is 0 Å². The largest absolute Gasteiger partial charge is 0.416 e. The summed E-state index contributed by atoms with van der Waals surface area (Å²) in [6.45, 7) is 0.272. The molecule has 0 unspecified atom stereocenters. The molecule has 0 spiro atoms. The summed E-state index contributed by atoms with van der Waals surface area (Å²) in [6.07, 6.45) is -2.95. The Kier molecular flexibility index (Phi) is 3.84. The van der Waals surface area contributed by atoms with Gasteiger partial charge in [0, 0.05) is 6.20 Å². The van der Waals surface area contributed by atoms with E-state index in [1.165, 1.54) is 12.3 Å². The number of nitrogens with zero attached hydrogens (tertiary/aromatic N) is 3. The van der Waals surface area contributed by atoms with E-state index in [0.29, 0.717) is 11.4 Å². The fraction of sp³-hybridized carbons (Fsp3) is 0.154. The van der Waals surface area contributed by atoms with E-state index in [1.54, 1.807) is 18.2 Å². The fourth-order valence-electron chi connectivity index (χ4n) is 1.58. The topological polar surface area (TPSA) is 61.6 Å². The van der Waals surface area contributed by atoms with Crippen molar-refractivity contribution >= 4 is 5.69 Å². The number of benzene rings is 1. The fourth-order valence-corrected chi connectivity index (χ4v) is 1.58. The second kappa shape index (κ2) is 5.57. The first-order valence-electron chi connectivity index (χ1n) is 5.62. The zero-order valence-electron chi connectivity index (χ0n) is 10.1. The summed E-state index contributed by atoms with van der Waals surface area (Å²) in [5, 5.41) is 19.3. The van der Waals surface area contributed by atoms with Gasteiger partial charge in [-0.25, -0.2) is 0 Å². The molecule has 0 amide bonds. The average molecular weight is 278 g/mol. The maximum absolute atomic E-state index is 12.5. The number of rotatable bonds is 3. The van der Waals surface area contributed by atoms with Crippen molar-refractivity contribution in [1.29, 1.82) is 5.26 Å². The van der Waals surface area contributed by atoms with Crippen LogP contribution in [0, 0.1) is 11.3 Å². The Hall–Kier alpha value is -2.62. The minimum absolute atomic E-state index is 0.0660. The number of alkyl halides is 3. The van der Waals surface area contributed by atoms with Crippen molar-refractivity contribution in [3.05, 3.63) is 53.3 Å². The van der Waals surface area contributed by atoms with Gasteiger partial charge in [0.15, 0.2) is 0 Å². The molecule has 0 aliphatic carbocycles. The summed E-state index contributed by atoms with van der Waals surface area (Å²) in [5.41, 5.74) is 0.0326. The molecule has 0 fully saturated rings. The molecule has 0 aliphatic heterocycles. The molecule has 20 heavy (non-hydrogen) atoms. The maximum atomic E-state index is 12.5.